The van der Waals surface area contributed by atoms with E-state index in [0.29, 0.717) is 46.2 Å². The van der Waals surface area contributed by atoms with E-state index in [2.05, 4.69) is 0 Å². The van der Waals surface area contributed by atoms with Gasteiger partial charge in [-0.2, -0.15) is 0 Å². The van der Waals surface area contributed by atoms with Gasteiger partial charge in [-0.25, -0.2) is 4.79 Å². The number of carboxylic acid groups (broad SMARTS) is 1. The molecule has 1 amide bonds. The van der Waals surface area contributed by atoms with Gasteiger partial charge in [-0.1, -0.05) is 48.2 Å². The molecule has 9 heteroatoms. The van der Waals surface area contributed by atoms with E-state index >= 15 is 0 Å². The number of aromatic carboxylic acids is 1. The monoisotopic (exact) mass is 549 g/mol. The van der Waals surface area contributed by atoms with E-state index < -0.39 is 5.97 Å². The number of carbonyl (C=O) groups excluding carboxylic acids is 1. The summed E-state index contributed by atoms with van der Waals surface area (Å²) in [5.41, 5.74) is 3.43. The molecule has 3 aromatic rings. The number of rotatable bonds is 10. The fraction of sp³-hybridized carbons (Fsp3) is 0.207. The van der Waals surface area contributed by atoms with Gasteiger partial charge in [-0.3, -0.25) is 9.69 Å². The number of benzene rings is 3. The Kier molecular flexibility index (Phi) is 8.70. The lowest BCUT2D eigenvalue weighted by Crippen LogP contribution is -2.27. The molecule has 0 radical (unpaired) electrons. The standard InChI is InChI=1S/C29H27NO6S2/c1-4-34-25-15-20(10-11-23(25)35-12-13-36-24-14-18(2)8-9-19(24)3)16-26-27(31)30(29(37)38-26)22-7-5-6-21(17-22)28(32)33/h5-11,14-17H,4,12-13H2,1-3H3,(H,32,33). The van der Waals surface area contributed by atoms with Crippen molar-refractivity contribution in [2.24, 2.45) is 0 Å². The number of ether oxygens (including phenoxy) is 3. The van der Waals surface area contributed by atoms with Crippen molar-refractivity contribution in [3.05, 3.63) is 87.8 Å². The molecule has 0 spiro atoms. The van der Waals surface area contributed by atoms with E-state index in [1.54, 1.807) is 24.3 Å². The zero-order chi connectivity index (χ0) is 27.2. The number of carboxylic acids is 1. The SMILES string of the molecule is CCOc1cc(C=C2SC(=S)N(c3cccc(C(=O)O)c3)C2=O)ccc1OCCOc1cc(C)ccc1C. The van der Waals surface area contributed by atoms with Gasteiger partial charge in [0.25, 0.3) is 5.91 Å². The third-order valence-electron chi connectivity index (χ3n) is 5.65. The predicted octanol–water partition coefficient (Wildman–Crippen LogP) is 6.26. The van der Waals surface area contributed by atoms with Gasteiger partial charge in [0.15, 0.2) is 15.8 Å². The molecule has 0 bridgehead atoms. The maximum atomic E-state index is 13.1. The van der Waals surface area contributed by atoms with Gasteiger partial charge in [-0.05, 0) is 79.9 Å². The Morgan fingerprint density at radius 3 is 2.47 bits per heavy atom. The van der Waals surface area contributed by atoms with Crippen LogP contribution in [-0.4, -0.2) is 41.1 Å². The number of thioether (sulfide) groups is 1. The van der Waals surface area contributed by atoms with E-state index in [-0.39, 0.29) is 11.5 Å². The van der Waals surface area contributed by atoms with E-state index in [1.165, 1.54) is 17.0 Å². The Hall–Kier alpha value is -3.82. The summed E-state index contributed by atoms with van der Waals surface area (Å²) in [6.07, 6.45) is 1.73. The quantitative estimate of drug-likeness (QED) is 0.180. The third-order valence-corrected chi connectivity index (χ3v) is 6.95. The molecule has 0 aromatic heterocycles. The summed E-state index contributed by atoms with van der Waals surface area (Å²) in [7, 11) is 0. The van der Waals surface area contributed by atoms with Crippen LogP contribution in [0.25, 0.3) is 6.08 Å². The highest BCUT2D eigenvalue weighted by Crippen LogP contribution is 2.37. The normalized spacial score (nSPS) is 14.2. The second-order valence-corrected chi connectivity index (χ2v) is 10.2. The molecule has 1 heterocycles. The minimum atomic E-state index is -1.07. The van der Waals surface area contributed by atoms with Gasteiger partial charge in [0.1, 0.15) is 19.0 Å². The second-order valence-electron chi connectivity index (χ2n) is 8.48. The van der Waals surface area contributed by atoms with Gasteiger partial charge in [0.05, 0.1) is 22.8 Å². The fourth-order valence-corrected chi connectivity index (χ4v) is 5.09. The lowest BCUT2D eigenvalue weighted by Gasteiger charge is -2.15. The maximum Gasteiger partial charge on any atom is 0.335 e. The number of aryl methyl sites for hydroxylation is 2. The van der Waals surface area contributed by atoms with Crippen LogP contribution in [0.3, 0.4) is 0 Å². The molecule has 0 aliphatic carbocycles. The average molecular weight is 550 g/mol. The fourth-order valence-electron chi connectivity index (χ4n) is 3.79. The molecular formula is C29H27NO6S2. The molecule has 0 unspecified atom stereocenters. The van der Waals surface area contributed by atoms with Crippen molar-refractivity contribution in [3.8, 4) is 17.2 Å². The maximum absolute atomic E-state index is 13.1. The Balaban J connectivity index is 1.46. The smallest absolute Gasteiger partial charge is 0.335 e. The molecule has 1 saturated heterocycles. The topological polar surface area (TPSA) is 85.3 Å². The van der Waals surface area contributed by atoms with E-state index in [0.717, 1.165) is 34.2 Å². The molecule has 3 aromatic carbocycles. The third kappa shape index (κ3) is 6.35. The average Bonchev–Trinajstić information content (AvgIpc) is 3.17. The highest BCUT2D eigenvalue weighted by Gasteiger charge is 2.33. The van der Waals surface area contributed by atoms with Crippen LogP contribution in [0.1, 0.15) is 34.0 Å². The van der Waals surface area contributed by atoms with Crippen LogP contribution >= 0.6 is 24.0 Å². The van der Waals surface area contributed by atoms with Crippen LogP contribution in [0, 0.1) is 13.8 Å². The first-order chi connectivity index (χ1) is 18.3. The Labute approximate surface area is 231 Å². The first kappa shape index (κ1) is 27.2. The summed E-state index contributed by atoms with van der Waals surface area (Å²) in [6.45, 7) is 7.07. The predicted molar refractivity (Wildman–Crippen MR) is 154 cm³/mol. The number of anilines is 1. The molecule has 0 atom stereocenters. The van der Waals surface area contributed by atoms with E-state index in [1.807, 2.05) is 51.1 Å². The molecule has 38 heavy (non-hydrogen) atoms. The van der Waals surface area contributed by atoms with E-state index in [4.69, 9.17) is 26.4 Å². The number of hydrogen-bond donors (Lipinski definition) is 1. The summed E-state index contributed by atoms with van der Waals surface area (Å²) < 4.78 is 17.9. The van der Waals surface area contributed by atoms with Gasteiger partial charge < -0.3 is 19.3 Å². The largest absolute Gasteiger partial charge is 0.490 e. The van der Waals surface area contributed by atoms with Crippen molar-refractivity contribution in [2.75, 3.05) is 24.7 Å². The highest BCUT2D eigenvalue weighted by atomic mass is 32.2. The number of hydrogen-bond acceptors (Lipinski definition) is 7. The van der Waals surface area contributed by atoms with Crippen molar-refractivity contribution in [3.63, 3.8) is 0 Å². The summed E-state index contributed by atoms with van der Waals surface area (Å²) in [4.78, 5) is 26.3. The minimum Gasteiger partial charge on any atom is -0.490 e. The highest BCUT2D eigenvalue weighted by molar-refractivity contribution is 8.27. The van der Waals surface area contributed by atoms with Crippen LogP contribution in [-0.2, 0) is 4.79 Å². The zero-order valence-electron chi connectivity index (χ0n) is 21.2. The zero-order valence-corrected chi connectivity index (χ0v) is 22.9. The van der Waals surface area contributed by atoms with Crippen molar-refractivity contribution in [2.45, 2.75) is 20.8 Å². The minimum absolute atomic E-state index is 0.0805. The van der Waals surface area contributed by atoms with Crippen LogP contribution < -0.4 is 19.1 Å². The van der Waals surface area contributed by atoms with Crippen LogP contribution in [0.4, 0.5) is 5.69 Å². The molecule has 196 valence electrons. The Morgan fingerprint density at radius 2 is 1.74 bits per heavy atom. The summed E-state index contributed by atoms with van der Waals surface area (Å²) in [5, 5.41) is 9.28. The lowest BCUT2D eigenvalue weighted by atomic mass is 10.1. The summed E-state index contributed by atoms with van der Waals surface area (Å²) >= 11 is 6.58. The van der Waals surface area contributed by atoms with Crippen molar-refractivity contribution < 1.29 is 28.9 Å². The van der Waals surface area contributed by atoms with Gasteiger partial charge >= 0.3 is 5.97 Å². The molecule has 1 aliphatic heterocycles. The van der Waals surface area contributed by atoms with Crippen LogP contribution in [0.2, 0.25) is 0 Å². The molecule has 1 fully saturated rings. The van der Waals surface area contributed by atoms with Gasteiger partial charge in [-0.15, -0.1) is 0 Å². The number of thiocarbonyl (C=S) groups is 1. The molecule has 7 nitrogen and oxygen atoms in total. The van der Waals surface area contributed by atoms with Gasteiger partial charge in [0, 0.05) is 0 Å². The molecule has 1 N–H and O–H groups in total. The van der Waals surface area contributed by atoms with Crippen molar-refractivity contribution >= 4 is 51.9 Å². The van der Waals surface area contributed by atoms with Crippen LogP contribution in [0.15, 0.2) is 65.6 Å². The number of nitrogens with zero attached hydrogens (tertiary/aromatic N) is 1. The van der Waals surface area contributed by atoms with Crippen molar-refractivity contribution in [1.29, 1.82) is 0 Å². The van der Waals surface area contributed by atoms with E-state index in [9.17, 15) is 14.7 Å². The lowest BCUT2D eigenvalue weighted by molar-refractivity contribution is -0.113. The Morgan fingerprint density at radius 1 is 0.974 bits per heavy atom. The molecular weight excluding hydrogens is 522 g/mol. The molecule has 4 rings (SSSR count). The Bertz CT molecular complexity index is 1420. The summed E-state index contributed by atoms with van der Waals surface area (Å²) in [5.74, 6) is 0.574. The van der Waals surface area contributed by atoms with Gasteiger partial charge in [0.2, 0.25) is 0 Å². The molecule has 1 aliphatic rings. The first-order valence-corrected chi connectivity index (χ1v) is 13.2. The van der Waals surface area contributed by atoms with Crippen molar-refractivity contribution in [1.82, 2.24) is 0 Å². The number of amides is 1. The first-order valence-electron chi connectivity index (χ1n) is 12.0. The van der Waals surface area contributed by atoms with Crippen LogP contribution in [0.5, 0.6) is 17.2 Å². The number of carbonyl (C=O) groups is 2. The second kappa shape index (κ2) is 12.1. The summed E-state index contributed by atoms with van der Waals surface area (Å²) in [6, 6.07) is 17.6. The molecule has 0 saturated carbocycles.